The van der Waals surface area contributed by atoms with Gasteiger partial charge in [0.1, 0.15) is 22.0 Å². The van der Waals surface area contributed by atoms with Gasteiger partial charge in [0.05, 0.1) is 13.7 Å². The number of benzene rings is 2. The van der Waals surface area contributed by atoms with Crippen LogP contribution in [0.25, 0.3) is 0 Å². The van der Waals surface area contributed by atoms with Crippen molar-refractivity contribution in [1.29, 1.82) is 0 Å². The molecule has 1 heterocycles. The van der Waals surface area contributed by atoms with Crippen molar-refractivity contribution >= 4 is 27.3 Å². The van der Waals surface area contributed by atoms with Crippen LogP contribution in [0.5, 0.6) is 11.5 Å². The largest absolute Gasteiger partial charge is 0.495 e. The molecule has 0 fully saturated rings. The summed E-state index contributed by atoms with van der Waals surface area (Å²) >= 11 is 0. The minimum absolute atomic E-state index is 0.0922. The Morgan fingerprint density at radius 3 is 2.34 bits per heavy atom. The Bertz CT molecular complexity index is 1280. The smallest absolute Gasteiger partial charge is 0.265 e. The maximum atomic E-state index is 13.0. The quantitative estimate of drug-likeness (QED) is 0.477. The van der Waals surface area contributed by atoms with Crippen LogP contribution in [0.1, 0.15) is 23.0 Å². The first-order valence-corrected chi connectivity index (χ1v) is 11.2. The summed E-state index contributed by atoms with van der Waals surface area (Å²) in [6.45, 7) is 4.04. The molecule has 9 nitrogen and oxygen atoms in total. The third-order valence-electron chi connectivity index (χ3n) is 4.43. The van der Waals surface area contributed by atoms with Crippen molar-refractivity contribution in [3.63, 3.8) is 0 Å². The van der Waals surface area contributed by atoms with E-state index in [9.17, 15) is 18.0 Å². The Balaban J connectivity index is 1.87. The maximum absolute atomic E-state index is 13.0. The van der Waals surface area contributed by atoms with E-state index in [4.69, 9.17) is 9.47 Å². The number of H-pyrrole nitrogens is 1. The van der Waals surface area contributed by atoms with Gasteiger partial charge in [0.2, 0.25) is 0 Å². The first kappa shape index (κ1) is 22.9. The number of aromatic amines is 1. The number of carbonyl (C=O) groups is 1. The summed E-state index contributed by atoms with van der Waals surface area (Å²) in [4.78, 5) is 26.9. The van der Waals surface area contributed by atoms with Crippen LogP contribution in [-0.2, 0) is 10.0 Å². The molecule has 10 heteroatoms. The van der Waals surface area contributed by atoms with E-state index in [2.05, 4.69) is 15.0 Å². The van der Waals surface area contributed by atoms with E-state index in [1.165, 1.54) is 31.4 Å². The number of pyridine rings is 1. The zero-order chi connectivity index (χ0) is 23.3. The molecule has 0 saturated heterocycles. The molecule has 0 aliphatic heterocycles. The second-order valence-electron chi connectivity index (χ2n) is 6.77. The predicted octanol–water partition coefficient (Wildman–Crippen LogP) is 3.14. The fraction of sp³-hybridized carbons (Fsp3) is 0.182. The number of anilines is 2. The molecule has 3 aromatic rings. The Labute approximate surface area is 185 Å². The normalized spacial score (nSPS) is 11.0. The molecular weight excluding hydrogens is 434 g/mol. The zero-order valence-corrected chi connectivity index (χ0v) is 18.6. The maximum Gasteiger partial charge on any atom is 0.265 e. The van der Waals surface area contributed by atoms with Gasteiger partial charge in [0, 0.05) is 17.1 Å². The summed E-state index contributed by atoms with van der Waals surface area (Å²) < 4.78 is 39.0. The van der Waals surface area contributed by atoms with Gasteiger partial charge in [-0.1, -0.05) is 0 Å². The summed E-state index contributed by atoms with van der Waals surface area (Å²) in [6, 6.07) is 13.6. The second-order valence-corrected chi connectivity index (χ2v) is 8.42. The second kappa shape index (κ2) is 9.56. The summed E-state index contributed by atoms with van der Waals surface area (Å²) in [5, 5.41) is 2.54. The van der Waals surface area contributed by atoms with Crippen LogP contribution in [0.15, 0.2) is 64.3 Å². The van der Waals surface area contributed by atoms with Gasteiger partial charge in [-0.2, -0.15) is 0 Å². The first-order valence-electron chi connectivity index (χ1n) is 9.68. The van der Waals surface area contributed by atoms with E-state index in [1.807, 2.05) is 6.92 Å². The van der Waals surface area contributed by atoms with E-state index < -0.39 is 21.5 Å². The Morgan fingerprint density at radius 2 is 1.72 bits per heavy atom. The minimum Gasteiger partial charge on any atom is -0.495 e. The molecule has 0 saturated carbocycles. The van der Waals surface area contributed by atoms with Crippen LogP contribution >= 0.6 is 0 Å². The molecule has 1 amide bonds. The van der Waals surface area contributed by atoms with E-state index >= 15 is 0 Å². The number of aryl methyl sites for hydroxylation is 1. The number of hydrogen-bond donors (Lipinski definition) is 3. The molecule has 0 bridgehead atoms. The highest BCUT2D eigenvalue weighted by Gasteiger charge is 2.21. The number of rotatable bonds is 8. The molecule has 1 aromatic heterocycles. The number of ether oxygens (including phenoxy) is 2. The van der Waals surface area contributed by atoms with Crippen molar-refractivity contribution < 1.29 is 22.7 Å². The predicted molar refractivity (Wildman–Crippen MR) is 121 cm³/mol. The molecule has 0 atom stereocenters. The summed E-state index contributed by atoms with van der Waals surface area (Å²) in [6.07, 6.45) is 0. The highest BCUT2D eigenvalue weighted by Crippen LogP contribution is 2.29. The molecule has 0 aliphatic carbocycles. The summed E-state index contributed by atoms with van der Waals surface area (Å²) in [7, 11) is -2.71. The number of aromatic nitrogens is 1. The van der Waals surface area contributed by atoms with Crippen molar-refractivity contribution in [3.05, 3.63) is 76.2 Å². The van der Waals surface area contributed by atoms with Crippen LogP contribution in [0.4, 0.5) is 11.4 Å². The Hall–Kier alpha value is -3.79. The van der Waals surface area contributed by atoms with Crippen molar-refractivity contribution in [1.82, 2.24) is 4.98 Å². The van der Waals surface area contributed by atoms with E-state index in [-0.39, 0.29) is 21.9 Å². The number of carbonyl (C=O) groups excluding carboxylic acids is 1. The van der Waals surface area contributed by atoms with Crippen molar-refractivity contribution in [2.24, 2.45) is 0 Å². The fourth-order valence-electron chi connectivity index (χ4n) is 2.91. The van der Waals surface area contributed by atoms with Crippen molar-refractivity contribution in [3.8, 4) is 11.5 Å². The Morgan fingerprint density at radius 1 is 1.03 bits per heavy atom. The zero-order valence-electron chi connectivity index (χ0n) is 17.8. The Kier molecular flexibility index (Phi) is 6.84. The van der Waals surface area contributed by atoms with Crippen LogP contribution in [0.3, 0.4) is 0 Å². The minimum atomic E-state index is -4.05. The van der Waals surface area contributed by atoms with Crippen molar-refractivity contribution in [2.75, 3.05) is 23.8 Å². The van der Waals surface area contributed by atoms with Crippen LogP contribution in [0.2, 0.25) is 0 Å². The third kappa shape index (κ3) is 5.27. The lowest BCUT2D eigenvalue weighted by Gasteiger charge is -2.14. The van der Waals surface area contributed by atoms with Gasteiger partial charge in [0.25, 0.3) is 21.5 Å². The topological polar surface area (TPSA) is 127 Å². The molecule has 32 heavy (non-hydrogen) atoms. The number of amides is 1. The number of hydrogen-bond acceptors (Lipinski definition) is 6. The average Bonchev–Trinajstić information content (AvgIpc) is 2.75. The third-order valence-corrected chi connectivity index (χ3v) is 5.83. The summed E-state index contributed by atoms with van der Waals surface area (Å²) in [5.74, 6) is 0.0395. The van der Waals surface area contributed by atoms with Crippen LogP contribution < -0.4 is 25.1 Å². The van der Waals surface area contributed by atoms with E-state index in [1.54, 1.807) is 37.3 Å². The van der Waals surface area contributed by atoms with Crippen LogP contribution in [0, 0.1) is 6.92 Å². The molecule has 168 valence electrons. The molecule has 0 aliphatic rings. The molecular formula is C22H23N3O6S. The van der Waals surface area contributed by atoms with Gasteiger partial charge < -0.3 is 19.8 Å². The molecule has 0 unspecified atom stereocenters. The van der Waals surface area contributed by atoms with Gasteiger partial charge in [-0.3, -0.25) is 14.3 Å². The van der Waals surface area contributed by atoms with E-state index in [0.717, 1.165) is 0 Å². The fourth-order valence-corrected chi connectivity index (χ4v) is 4.16. The SMILES string of the molecule is CCOc1ccc(NS(=O)(=O)c2cc(NC(=O)c3ccc(C)[nH]c3=O)ccc2OC)cc1. The lowest BCUT2D eigenvalue weighted by atomic mass is 10.2. The number of methoxy groups -OCH3 is 1. The van der Waals surface area contributed by atoms with E-state index in [0.29, 0.717) is 23.7 Å². The first-order chi connectivity index (χ1) is 15.2. The lowest BCUT2D eigenvalue weighted by molar-refractivity contribution is 0.102. The van der Waals surface area contributed by atoms with Gasteiger partial charge in [-0.25, -0.2) is 8.42 Å². The molecule has 0 spiro atoms. The standard InChI is InChI=1S/C22H23N3O6S/c1-4-31-17-9-6-15(7-10-17)25-32(28,29)20-13-16(8-12-19(20)30-3)24-22(27)18-11-5-14(2)23-21(18)26/h5-13,25H,4H2,1-3H3,(H,23,26)(H,24,27). The van der Waals surface area contributed by atoms with Gasteiger partial charge in [-0.05, 0) is 68.4 Å². The van der Waals surface area contributed by atoms with Crippen molar-refractivity contribution in [2.45, 2.75) is 18.7 Å². The van der Waals surface area contributed by atoms with Gasteiger partial charge in [-0.15, -0.1) is 0 Å². The monoisotopic (exact) mass is 457 g/mol. The highest BCUT2D eigenvalue weighted by molar-refractivity contribution is 7.92. The van der Waals surface area contributed by atoms with Gasteiger partial charge >= 0.3 is 0 Å². The summed E-state index contributed by atoms with van der Waals surface area (Å²) in [5.41, 5.74) is 0.494. The average molecular weight is 458 g/mol. The molecule has 2 aromatic carbocycles. The van der Waals surface area contributed by atoms with Crippen LogP contribution in [-0.4, -0.2) is 33.0 Å². The molecule has 3 rings (SSSR count). The number of sulfonamides is 1. The highest BCUT2D eigenvalue weighted by atomic mass is 32.2. The molecule has 3 N–H and O–H groups in total. The molecule has 0 radical (unpaired) electrons. The van der Waals surface area contributed by atoms with Gasteiger partial charge in [0.15, 0.2) is 0 Å². The lowest BCUT2D eigenvalue weighted by Crippen LogP contribution is -2.23. The number of nitrogens with one attached hydrogen (secondary N) is 3.